The molecule has 2 heterocycles. The Labute approximate surface area is 125 Å². The maximum Gasteiger partial charge on any atom is 0.146 e. The minimum atomic E-state index is 0.494. The number of nitrogens with zero attached hydrogens (tertiary/aromatic N) is 4. The van der Waals surface area contributed by atoms with Crippen molar-refractivity contribution in [1.82, 2.24) is 14.5 Å². The Balaban J connectivity index is 1.72. The van der Waals surface area contributed by atoms with Crippen molar-refractivity contribution < 1.29 is 4.74 Å². The van der Waals surface area contributed by atoms with E-state index in [-0.39, 0.29) is 0 Å². The van der Waals surface area contributed by atoms with Crippen LogP contribution in [0.4, 0.5) is 5.69 Å². The van der Waals surface area contributed by atoms with E-state index in [4.69, 9.17) is 4.74 Å². The molecule has 0 unspecified atom stereocenters. The quantitative estimate of drug-likeness (QED) is 0.857. The number of para-hydroxylation sites is 2. The van der Waals surface area contributed by atoms with Crippen molar-refractivity contribution in [3.8, 4) is 5.75 Å². The number of rotatable bonds is 4. The number of ether oxygens (including phenoxy) is 1. The van der Waals surface area contributed by atoms with Gasteiger partial charge in [-0.2, -0.15) is 0 Å². The topological polar surface area (TPSA) is 33.5 Å². The highest BCUT2D eigenvalue weighted by Gasteiger charge is 2.17. The summed E-state index contributed by atoms with van der Waals surface area (Å²) in [5.41, 5.74) is 1.18. The van der Waals surface area contributed by atoms with Crippen molar-refractivity contribution in [3.63, 3.8) is 0 Å². The van der Waals surface area contributed by atoms with Crippen LogP contribution in [0.3, 0.4) is 0 Å². The second kappa shape index (κ2) is 6.18. The van der Waals surface area contributed by atoms with Crippen molar-refractivity contribution in [3.05, 3.63) is 42.5 Å². The van der Waals surface area contributed by atoms with Gasteiger partial charge in [0.15, 0.2) is 0 Å². The minimum absolute atomic E-state index is 0.494. The van der Waals surface area contributed by atoms with Crippen molar-refractivity contribution in [1.29, 1.82) is 0 Å². The SMILES string of the molecule is CN1CCN(c2ccccc2OCc2nccn2C)CC1. The Bertz CT molecular complexity index is 587. The molecule has 1 aliphatic heterocycles. The number of aryl methyl sites for hydroxylation is 1. The number of likely N-dealkylation sites (N-methyl/N-ethyl adjacent to an activating group) is 1. The van der Waals surface area contributed by atoms with Gasteiger partial charge in [-0.3, -0.25) is 0 Å². The van der Waals surface area contributed by atoms with E-state index in [0.29, 0.717) is 6.61 Å². The van der Waals surface area contributed by atoms with Crippen LogP contribution in [0.1, 0.15) is 5.82 Å². The van der Waals surface area contributed by atoms with Gasteiger partial charge in [0.1, 0.15) is 18.2 Å². The number of aromatic nitrogens is 2. The number of imidazole rings is 1. The first-order chi connectivity index (χ1) is 10.2. The fourth-order valence-electron chi connectivity index (χ4n) is 2.57. The smallest absolute Gasteiger partial charge is 0.146 e. The normalized spacial score (nSPS) is 16.2. The van der Waals surface area contributed by atoms with Crippen LogP contribution in [-0.4, -0.2) is 47.7 Å². The van der Waals surface area contributed by atoms with Gasteiger partial charge in [0.05, 0.1) is 5.69 Å². The van der Waals surface area contributed by atoms with Crippen LogP contribution in [-0.2, 0) is 13.7 Å². The van der Waals surface area contributed by atoms with Crippen molar-refractivity contribution in [2.75, 3.05) is 38.1 Å². The van der Waals surface area contributed by atoms with Gasteiger partial charge in [0.2, 0.25) is 0 Å². The lowest BCUT2D eigenvalue weighted by atomic mass is 10.2. The molecular weight excluding hydrogens is 264 g/mol. The third kappa shape index (κ3) is 3.19. The Morgan fingerprint density at radius 3 is 2.57 bits per heavy atom. The second-order valence-corrected chi connectivity index (χ2v) is 5.50. The zero-order valence-corrected chi connectivity index (χ0v) is 12.7. The van der Waals surface area contributed by atoms with Gasteiger partial charge in [0, 0.05) is 45.6 Å². The molecule has 0 atom stereocenters. The van der Waals surface area contributed by atoms with E-state index >= 15 is 0 Å². The van der Waals surface area contributed by atoms with Crippen LogP contribution in [0.2, 0.25) is 0 Å². The number of anilines is 1. The summed E-state index contributed by atoms with van der Waals surface area (Å²) < 4.78 is 7.99. The highest BCUT2D eigenvalue weighted by Crippen LogP contribution is 2.29. The van der Waals surface area contributed by atoms with Crippen LogP contribution in [0.25, 0.3) is 0 Å². The number of piperazine rings is 1. The molecule has 0 spiro atoms. The summed E-state index contributed by atoms with van der Waals surface area (Å²) in [6.45, 7) is 4.76. The maximum atomic E-state index is 6.00. The maximum absolute atomic E-state index is 6.00. The van der Waals surface area contributed by atoms with Gasteiger partial charge in [-0.15, -0.1) is 0 Å². The standard InChI is InChI=1S/C16H22N4O/c1-18-9-11-20(12-10-18)14-5-3-4-6-15(14)21-13-16-17-7-8-19(16)2/h3-8H,9-13H2,1-2H3. The molecule has 1 aromatic heterocycles. The van der Waals surface area contributed by atoms with Gasteiger partial charge in [0.25, 0.3) is 0 Å². The van der Waals surface area contributed by atoms with Crippen LogP contribution in [0.15, 0.2) is 36.7 Å². The summed E-state index contributed by atoms with van der Waals surface area (Å²) in [5, 5.41) is 0. The Hall–Kier alpha value is -2.01. The molecule has 5 nitrogen and oxygen atoms in total. The lowest BCUT2D eigenvalue weighted by Crippen LogP contribution is -2.44. The van der Waals surface area contributed by atoms with Crippen LogP contribution in [0, 0.1) is 0 Å². The molecule has 2 aromatic rings. The fraction of sp³-hybridized carbons (Fsp3) is 0.438. The van der Waals surface area contributed by atoms with Crippen LogP contribution < -0.4 is 9.64 Å². The van der Waals surface area contributed by atoms with Crippen LogP contribution in [0.5, 0.6) is 5.75 Å². The molecule has 0 amide bonds. The van der Waals surface area contributed by atoms with E-state index in [9.17, 15) is 0 Å². The molecule has 112 valence electrons. The molecule has 1 aromatic carbocycles. The van der Waals surface area contributed by atoms with E-state index in [0.717, 1.165) is 37.8 Å². The first kappa shape index (κ1) is 13.9. The van der Waals surface area contributed by atoms with Crippen LogP contribution >= 0.6 is 0 Å². The van der Waals surface area contributed by atoms with Gasteiger partial charge >= 0.3 is 0 Å². The summed E-state index contributed by atoms with van der Waals surface area (Å²) in [4.78, 5) is 9.05. The van der Waals surface area contributed by atoms with E-state index in [1.54, 1.807) is 6.20 Å². The molecule has 0 bridgehead atoms. The molecule has 0 N–H and O–H groups in total. The molecule has 5 heteroatoms. The number of hydrogen-bond donors (Lipinski definition) is 0. The van der Waals surface area contributed by atoms with E-state index in [1.807, 2.05) is 29.9 Å². The van der Waals surface area contributed by atoms with Gasteiger partial charge in [-0.1, -0.05) is 12.1 Å². The Morgan fingerprint density at radius 1 is 1.10 bits per heavy atom. The third-order valence-corrected chi connectivity index (χ3v) is 3.99. The summed E-state index contributed by atoms with van der Waals surface area (Å²) >= 11 is 0. The monoisotopic (exact) mass is 286 g/mol. The first-order valence-electron chi connectivity index (χ1n) is 7.35. The summed E-state index contributed by atoms with van der Waals surface area (Å²) in [6, 6.07) is 8.27. The van der Waals surface area contributed by atoms with E-state index < -0.39 is 0 Å². The zero-order chi connectivity index (χ0) is 14.7. The fourth-order valence-corrected chi connectivity index (χ4v) is 2.57. The molecule has 3 rings (SSSR count). The van der Waals surface area contributed by atoms with E-state index in [1.165, 1.54) is 5.69 Å². The van der Waals surface area contributed by atoms with Gasteiger partial charge < -0.3 is 19.1 Å². The second-order valence-electron chi connectivity index (χ2n) is 5.50. The molecule has 1 fully saturated rings. The Kier molecular flexibility index (Phi) is 4.10. The average molecular weight is 286 g/mol. The third-order valence-electron chi connectivity index (χ3n) is 3.99. The summed E-state index contributed by atoms with van der Waals surface area (Å²) in [6.07, 6.45) is 3.73. The molecule has 0 saturated carbocycles. The molecule has 1 saturated heterocycles. The average Bonchev–Trinajstić information content (AvgIpc) is 2.92. The highest BCUT2D eigenvalue weighted by molar-refractivity contribution is 5.58. The van der Waals surface area contributed by atoms with Crippen molar-refractivity contribution in [2.45, 2.75) is 6.61 Å². The minimum Gasteiger partial charge on any atom is -0.484 e. The largest absolute Gasteiger partial charge is 0.484 e. The summed E-state index contributed by atoms with van der Waals surface area (Å²) in [5.74, 6) is 1.87. The molecule has 0 radical (unpaired) electrons. The summed E-state index contributed by atoms with van der Waals surface area (Å²) in [7, 11) is 4.15. The predicted octanol–water partition coefficient (Wildman–Crippen LogP) is 1.75. The van der Waals surface area contributed by atoms with E-state index in [2.05, 4.69) is 34.0 Å². The van der Waals surface area contributed by atoms with Crippen molar-refractivity contribution in [2.24, 2.45) is 7.05 Å². The molecule has 0 aliphatic carbocycles. The lowest BCUT2D eigenvalue weighted by molar-refractivity contribution is 0.286. The molecule has 1 aliphatic rings. The molecular formula is C16H22N4O. The lowest BCUT2D eigenvalue weighted by Gasteiger charge is -2.34. The zero-order valence-electron chi connectivity index (χ0n) is 12.7. The highest BCUT2D eigenvalue weighted by atomic mass is 16.5. The molecule has 21 heavy (non-hydrogen) atoms. The van der Waals surface area contributed by atoms with Crippen molar-refractivity contribution >= 4 is 5.69 Å². The van der Waals surface area contributed by atoms with Gasteiger partial charge in [-0.05, 0) is 19.2 Å². The Morgan fingerprint density at radius 2 is 1.86 bits per heavy atom. The predicted molar refractivity (Wildman–Crippen MR) is 83.7 cm³/mol. The van der Waals surface area contributed by atoms with Gasteiger partial charge in [-0.25, -0.2) is 4.98 Å². The number of hydrogen-bond acceptors (Lipinski definition) is 4. The number of benzene rings is 1. The first-order valence-corrected chi connectivity index (χ1v) is 7.35.